The Labute approximate surface area is 116 Å². The van der Waals surface area contributed by atoms with Gasteiger partial charge in [0.1, 0.15) is 0 Å². The van der Waals surface area contributed by atoms with Gasteiger partial charge in [0.25, 0.3) is 5.91 Å². The van der Waals surface area contributed by atoms with Crippen LogP contribution >= 0.6 is 11.6 Å². The van der Waals surface area contributed by atoms with Gasteiger partial charge in [-0.15, -0.1) is 11.6 Å². The van der Waals surface area contributed by atoms with Gasteiger partial charge < -0.3 is 10.1 Å². The van der Waals surface area contributed by atoms with E-state index >= 15 is 0 Å². The summed E-state index contributed by atoms with van der Waals surface area (Å²) in [5.41, 5.74) is 1.44. The van der Waals surface area contributed by atoms with Gasteiger partial charge in [-0.1, -0.05) is 12.1 Å². The van der Waals surface area contributed by atoms with Gasteiger partial charge in [0.05, 0.1) is 18.7 Å². The number of nitrogens with one attached hydrogen (secondary N) is 1. The number of hydrogen-bond donors (Lipinski definition) is 1. The van der Waals surface area contributed by atoms with Crippen molar-refractivity contribution >= 4 is 28.4 Å². The molecule has 5 heteroatoms. The molecule has 0 aliphatic carbocycles. The number of hydrogen-bond acceptors (Lipinski definition) is 3. The molecular weight excluding hydrogens is 264 g/mol. The zero-order valence-corrected chi connectivity index (χ0v) is 11.2. The number of pyridine rings is 1. The molecule has 0 aliphatic heterocycles. The Kier molecular flexibility index (Phi) is 5.12. The van der Waals surface area contributed by atoms with E-state index in [0.717, 1.165) is 10.9 Å². The Morgan fingerprint density at radius 3 is 3.00 bits per heavy atom. The van der Waals surface area contributed by atoms with Crippen LogP contribution in [0.15, 0.2) is 36.5 Å². The van der Waals surface area contributed by atoms with Crippen molar-refractivity contribution in [1.29, 1.82) is 0 Å². The molecule has 0 unspecified atom stereocenters. The molecule has 2 aromatic rings. The first-order chi connectivity index (χ1) is 9.33. The van der Waals surface area contributed by atoms with Gasteiger partial charge in [0.15, 0.2) is 0 Å². The van der Waals surface area contributed by atoms with E-state index < -0.39 is 0 Å². The van der Waals surface area contributed by atoms with Crippen LogP contribution in [-0.2, 0) is 4.74 Å². The van der Waals surface area contributed by atoms with Crippen LogP contribution in [0.2, 0.25) is 0 Å². The lowest BCUT2D eigenvalue weighted by atomic mass is 10.1. The van der Waals surface area contributed by atoms with Gasteiger partial charge in [-0.05, 0) is 18.2 Å². The molecule has 0 aliphatic rings. The molecule has 0 radical (unpaired) electrons. The summed E-state index contributed by atoms with van der Waals surface area (Å²) in [6, 6.07) is 9.22. The maximum Gasteiger partial charge on any atom is 0.252 e. The number of fused-ring (bicyclic) bond motifs is 1. The largest absolute Gasteiger partial charge is 0.378 e. The van der Waals surface area contributed by atoms with Gasteiger partial charge in [0, 0.05) is 29.6 Å². The number of nitrogens with zero attached hydrogens (tertiary/aromatic N) is 1. The highest BCUT2D eigenvalue weighted by atomic mass is 35.5. The molecule has 1 heterocycles. The lowest BCUT2D eigenvalue weighted by Gasteiger charge is -2.07. The maximum absolute atomic E-state index is 12.1. The third-order valence-electron chi connectivity index (χ3n) is 2.64. The van der Waals surface area contributed by atoms with Crippen molar-refractivity contribution in [2.24, 2.45) is 0 Å². The summed E-state index contributed by atoms with van der Waals surface area (Å²) in [4.78, 5) is 16.3. The second-order valence-electron chi connectivity index (χ2n) is 3.93. The van der Waals surface area contributed by atoms with Crippen molar-refractivity contribution in [3.63, 3.8) is 0 Å². The molecule has 1 aromatic heterocycles. The summed E-state index contributed by atoms with van der Waals surface area (Å²) in [6.45, 7) is 1.42. The standard InChI is InChI=1S/C14H15ClN2O2/c15-6-9-19-10-8-17-14(18)12-3-1-5-13-11(12)4-2-7-16-13/h1-5,7H,6,8-10H2,(H,17,18). The summed E-state index contributed by atoms with van der Waals surface area (Å²) in [6.07, 6.45) is 1.71. The second kappa shape index (κ2) is 7.07. The van der Waals surface area contributed by atoms with Gasteiger partial charge in [-0.25, -0.2) is 0 Å². The lowest BCUT2D eigenvalue weighted by Crippen LogP contribution is -2.27. The fourth-order valence-electron chi connectivity index (χ4n) is 1.79. The minimum absolute atomic E-state index is 0.118. The summed E-state index contributed by atoms with van der Waals surface area (Å²) in [5.74, 6) is 0.344. The molecule has 1 N–H and O–H groups in total. The van der Waals surface area contributed by atoms with Gasteiger partial charge >= 0.3 is 0 Å². The quantitative estimate of drug-likeness (QED) is 0.651. The number of benzene rings is 1. The number of carbonyl (C=O) groups is 1. The monoisotopic (exact) mass is 278 g/mol. The fraction of sp³-hybridized carbons (Fsp3) is 0.286. The van der Waals surface area contributed by atoms with Crippen LogP contribution in [0.4, 0.5) is 0 Å². The zero-order chi connectivity index (χ0) is 13.5. The molecule has 1 amide bonds. The molecule has 0 saturated heterocycles. The molecule has 1 aromatic carbocycles. The topological polar surface area (TPSA) is 51.2 Å². The minimum atomic E-state index is -0.118. The number of amides is 1. The number of ether oxygens (including phenoxy) is 1. The van der Waals surface area contributed by atoms with E-state index in [4.69, 9.17) is 16.3 Å². The molecule has 19 heavy (non-hydrogen) atoms. The highest BCUT2D eigenvalue weighted by Crippen LogP contribution is 2.15. The SMILES string of the molecule is O=C(NCCOCCCl)c1cccc2ncccc12. The third-order valence-corrected chi connectivity index (χ3v) is 2.80. The number of carbonyl (C=O) groups excluding carboxylic acids is 1. The molecule has 4 nitrogen and oxygen atoms in total. The first-order valence-electron chi connectivity index (χ1n) is 6.08. The first kappa shape index (κ1) is 13.8. The number of alkyl halides is 1. The predicted molar refractivity (Wildman–Crippen MR) is 75.6 cm³/mol. The molecular formula is C14H15ClN2O2. The summed E-state index contributed by atoms with van der Waals surface area (Å²) >= 11 is 5.48. The van der Waals surface area contributed by atoms with Crippen molar-refractivity contribution in [2.45, 2.75) is 0 Å². The van der Waals surface area contributed by atoms with Crippen molar-refractivity contribution in [1.82, 2.24) is 10.3 Å². The van der Waals surface area contributed by atoms with E-state index in [2.05, 4.69) is 10.3 Å². The molecule has 0 fully saturated rings. The average molecular weight is 279 g/mol. The molecule has 100 valence electrons. The van der Waals surface area contributed by atoms with E-state index in [1.807, 2.05) is 24.3 Å². The molecule has 0 bridgehead atoms. The van der Waals surface area contributed by atoms with Crippen LogP contribution in [-0.4, -0.2) is 36.5 Å². The Hall–Kier alpha value is -1.65. The number of aromatic nitrogens is 1. The third kappa shape index (κ3) is 3.66. The lowest BCUT2D eigenvalue weighted by molar-refractivity contribution is 0.0925. The van der Waals surface area contributed by atoms with Crippen molar-refractivity contribution in [3.8, 4) is 0 Å². The second-order valence-corrected chi connectivity index (χ2v) is 4.31. The Morgan fingerprint density at radius 1 is 1.26 bits per heavy atom. The Bertz CT molecular complexity index is 555. The highest BCUT2D eigenvalue weighted by molar-refractivity contribution is 6.17. The summed E-state index contributed by atoms with van der Waals surface area (Å²) in [5, 5.41) is 3.67. The fourth-order valence-corrected chi connectivity index (χ4v) is 1.90. The van der Waals surface area contributed by atoms with Crippen molar-refractivity contribution in [3.05, 3.63) is 42.1 Å². The highest BCUT2D eigenvalue weighted by Gasteiger charge is 2.09. The molecule has 2 rings (SSSR count). The molecule has 0 spiro atoms. The van der Waals surface area contributed by atoms with Crippen LogP contribution in [0.1, 0.15) is 10.4 Å². The van der Waals surface area contributed by atoms with Crippen LogP contribution in [0, 0.1) is 0 Å². The van der Waals surface area contributed by atoms with Crippen molar-refractivity contribution in [2.75, 3.05) is 25.6 Å². The Morgan fingerprint density at radius 2 is 2.16 bits per heavy atom. The van der Waals surface area contributed by atoms with Gasteiger partial charge in [-0.3, -0.25) is 9.78 Å². The maximum atomic E-state index is 12.1. The van der Waals surface area contributed by atoms with Crippen LogP contribution in [0.25, 0.3) is 10.9 Å². The van der Waals surface area contributed by atoms with Crippen LogP contribution in [0.5, 0.6) is 0 Å². The van der Waals surface area contributed by atoms with E-state index in [1.165, 1.54) is 0 Å². The van der Waals surface area contributed by atoms with Crippen LogP contribution in [0.3, 0.4) is 0 Å². The van der Waals surface area contributed by atoms with Gasteiger partial charge in [0.2, 0.25) is 0 Å². The van der Waals surface area contributed by atoms with E-state index in [9.17, 15) is 4.79 Å². The van der Waals surface area contributed by atoms with E-state index in [-0.39, 0.29) is 5.91 Å². The van der Waals surface area contributed by atoms with Crippen LogP contribution < -0.4 is 5.32 Å². The van der Waals surface area contributed by atoms with Crippen molar-refractivity contribution < 1.29 is 9.53 Å². The average Bonchev–Trinajstić information content (AvgIpc) is 2.46. The zero-order valence-electron chi connectivity index (χ0n) is 10.4. The van der Waals surface area contributed by atoms with E-state index in [0.29, 0.717) is 31.2 Å². The minimum Gasteiger partial charge on any atom is -0.378 e. The predicted octanol–water partition coefficient (Wildman–Crippen LogP) is 2.22. The Balaban J connectivity index is 2.01. The normalized spacial score (nSPS) is 10.6. The summed E-state index contributed by atoms with van der Waals surface area (Å²) in [7, 11) is 0. The smallest absolute Gasteiger partial charge is 0.252 e. The number of rotatable bonds is 6. The van der Waals surface area contributed by atoms with E-state index in [1.54, 1.807) is 12.3 Å². The van der Waals surface area contributed by atoms with Gasteiger partial charge in [-0.2, -0.15) is 0 Å². The summed E-state index contributed by atoms with van der Waals surface area (Å²) < 4.78 is 5.20. The molecule has 0 atom stereocenters. The number of halogens is 1. The first-order valence-corrected chi connectivity index (χ1v) is 6.62. The molecule has 0 saturated carbocycles.